The summed E-state index contributed by atoms with van der Waals surface area (Å²) < 4.78 is 11.0. The molecule has 2 atom stereocenters. The third kappa shape index (κ3) is 3.23. The predicted molar refractivity (Wildman–Crippen MR) is 102 cm³/mol. The standard InChI is InChI=1S/C21H24N2O7/c1-20(2,3)29-19(27)22-10-9-21(12-28-11-8-15(21)22)18(26)30-23-16(24)13-6-4-5-7-14(13)17(23)25/h4-7,15H,8-12H2,1-3H3. The minimum Gasteiger partial charge on any atom is -0.444 e. The molecule has 0 bridgehead atoms. The Balaban J connectivity index is 1.55. The number of hydrogen-bond donors (Lipinski definition) is 0. The highest BCUT2D eigenvalue weighted by Crippen LogP contribution is 2.44. The number of hydroxylamine groups is 2. The number of amides is 3. The van der Waals surface area contributed by atoms with Crippen LogP contribution in [0, 0.1) is 5.41 Å². The minimum atomic E-state index is -1.16. The molecule has 1 aromatic carbocycles. The Kier molecular flexibility index (Phi) is 4.80. The van der Waals surface area contributed by atoms with Crippen LogP contribution in [-0.2, 0) is 19.1 Å². The number of nitrogens with zero attached hydrogens (tertiary/aromatic N) is 2. The summed E-state index contributed by atoms with van der Waals surface area (Å²) >= 11 is 0. The molecule has 1 aromatic rings. The van der Waals surface area contributed by atoms with Crippen LogP contribution in [0.3, 0.4) is 0 Å². The number of carbonyl (C=O) groups is 4. The Hall–Kier alpha value is -2.94. The molecule has 160 valence electrons. The zero-order valence-corrected chi connectivity index (χ0v) is 17.2. The summed E-state index contributed by atoms with van der Waals surface area (Å²) in [6.07, 6.45) is 0.208. The second-order valence-corrected chi connectivity index (χ2v) is 8.77. The van der Waals surface area contributed by atoms with Crippen molar-refractivity contribution in [2.75, 3.05) is 19.8 Å². The Labute approximate surface area is 173 Å². The normalized spacial score (nSPS) is 25.8. The van der Waals surface area contributed by atoms with Gasteiger partial charge in [0.25, 0.3) is 11.8 Å². The molecular weight excluding hydrogens is 392 g/mol. The van der Waals surface area contributed by atoms with Gasteiger partial charge in [0, 0.05) is 13.2 Å². The van der Waals surface area contributed by atoms with E-state index in [0.29, 0.717) is 31.1 Å². The van der Waals surface area contributed by atoms with Crippen molar-refractivity contribution in [2.24, 2.45) is 5.41 Å². The van der Waals surface area contributed by atoms with Crippen LogP contribution in [0.4, 0.5) is 4.79 Å². The van der Waals surface area contributed by atoms with Crippen molar-refractivity contribution >= 4 is 23.9 Å². The molecule has 2 fully saturated rings. The van der Waals surface area contributed by atoms with Gasteiger partial charge in [0.2, 0.25) is 0 Å². The van der Waals surface area contributed by atoms with Crippen molar-refractivity contribution in [1.29, 1.82) is 0 Å². The lowest BCUT2D eigenvalue weighted by Crippen LogP contribution is -2.54. The van der Waals surface area contributed by atoms with Gasteiger partial charge in [-0.25, -0.2) is 9.59 Å². The third-order valence-corrected chi connectivity index (χ3v) is 5.67. The summed E-state index contributed by atoms with van der Waals surface area (Å²) in [6.45, 7) is 6.03. The number of rotatable bonds is 2. The molecule has 3 aliphatic rings. The molecule has 3 amide bonds. The fourth-order valence-corrected chi connectivity index (χ4v) is 4.25. The highest BCUT2D eigenvalue weighted by molar-refractivity contribution is 6.20. The number of fused-ring (bicyclic) bond motifs is 2. The first kappa shape index (κ1) is 20.3. The van der Waals surface area contributed by atoms with E-state index in [2.05, 4.69) is 0 Å². The van der Waals surface area contributed by atoms with Gasteiger partial charge in [0.05, 0.1) is 23.8 Å². The molecular formula is C21H24N2O7. The van der Waals surface area contributed by atoms with Crippen LogP contribution >= 0.6 is 0 Å². The van der Waals surface area contributed by atoms with Crippen LogP contribution in [-0.4, -0.2) is 65.2 Å². The van der Waals surface area contributed by atoms with Gasteiger partial charge in [0.1, 0.15) is 11.0 Å². The predicted octanol–water partition coefficient (Wildman–Crippen LogP) is 2.16. The van der Waals surface area contributed by atoms with E-state index in [0.717, 1.165) is 0 Å². The van der Waals surface area contributed by atoms with Crippen LogP contribution in [0.15, 0.2) is 24.3 Å². The zero-order valence-electron chi connectivity index (χ0n) is 17.2. The summed E-state index contributed by atoms with van der Waals surface area (Å²) in [7, 11) is 0. The fourth-order valence-electron chi connectivity index (χ4n) is 4.25. The Morgan fingerprint density at radius 1 is 1.13 bits per heavy atom. The van der Waals surface area contributed by atoms with E-state index in [1.54, 1.807) is 32.9 Å². The van der Waals surface area contributed by atoms with Crippen LogP contribution in [0.5, 0.6) is 0 Å². The van der Waals surface area contributed by atoms with Crippen LogP contribution in [0.25, 0.3) is 0 Å². The smallest absolute Gasteiger partial charge is 0.410 e. The molecule has 2 saturated heterocycles. The molecule has 2 unspecified atom stereocenters. The lowest BCUT2D eigenvalue weighted by Gasteiger charge is -2.39. The summed E-state index contributed by atoms with van der Waals surface area (Å²) in [4.78, 5) is 57.9. The fraction of sp³-hybridized carbons (Fsp3) is 0.524. The Bertz CT molecular complexity index is 887. The van der Waals surface area contributed by atoms with E-state index in [9.17, 15) is 19.2 Å². The van der Waals surface area contributed by atoms with Crippen molar-refractivity contribution in [2.45, 2.75) is 45.3 Å². The molecule has 0 saturated carbocycles. The lowest BCUT2D eigenvalue weighted by atomic mass is 9.78. The maximum Gasteiger partial charge on any atom is 0.410 e. The molecule has 0 N–H and O–H groups in total. The van der Waals surface area contributed by atoms with Gasteiger partial charge in [-0.15, -0.1) is 0 Å². The minimum absolute atomic E-state index is 0.0406. The molecule has 0 radical (unpaired) electrons. The van der Waals surface area contributed by atoms with Gasteiger partial charge < -0.3 is 19.2 Å². The molecule has 30 heavy (non-hydrogen) atoms. The molecule has 0 spiro atoms. The molecule has 4 rings (SSSR count). The van der Waals surface area contributed by atoms with Crippen molar-refractivity contribution in [1.82, 2.24) is 9.96 Å². The number of benzene rings is 1. The number of carbonyl (C=O) groups excluding carboxylic acids is 4. The number of hydrogen-bond acceptors (Lipinski definition) is 7. The van der Waals surface area contributed by atoms with E-state index in [-0.39, 0.29) is 17.7 Å². The highest BCUT2D eigenvalue weighted by Gasteiger charge is 2.59. The van der Waals surface area contributed by atoms with Gasteiger partial charge >= 0.3 is 12.1 Å². The largest absolute Gasteiger partial charge is 0.444 e. The van der Waals surface area contributed by atoms with Crippen LogP contribution in [0.2, 0.25) is 0 Å². The van der Waals surface area contributed by atoms with Crippen molar-refractivity contribution in [3.63, 3.8) is 0 Å². The summed E-state index contributed by atoms with van der Waals surface area (Å²) in [5.41, 5.74) is -1.46. The van der Waals surface area contributed by atoms with E-state index in [1.807, 2.05) is 0 Å². The second kappa shape index (κ2) is 7.09. The number of likely N-dealkylation sites (tertiary alicyclic amines) is 1. The van der Waals surface area contributed by atoms with Crippen molar-refractivity contribution in [3.8, 4) is 0 Å². The molecule has 3 heterocycles. The van der Waals surface area contributed by atoms with Gasteiger partial charge in [-0.1, -0.05) is 17.2 Å². The van der Waals surface area contributed by atoms with E-state index < -0.39 is 40.9 Å². The SMILES string of the molecule is CC(C)(C)OC(=O)N1CCC2(C(=O)ON3C(=O)c4ccccc4C3=O)COCCC12. The quantitative estimate of drug-likeness (QED) is 0.681. The van der Waals surface area contributed by atoms with E-state index in [4.69, 9.17) is 14.3 Å². The highest BCUT2D eigenvalue weighted by atomic mass is 16.7. The van der Waals surface area contributed by atoms with Gasteiger partial charge in [-0.3, -0.25) is 9.59 Å². The average Bonchev–Trinajstić information content (AvgIpc) is 3.20. The van der Waals surface area contributed by atoms with Gasteiger partial charge in [0.15, 0.2) is 0 Å². The summed E-state index contributed by atoms with van der Waals surface area (Å²) in [5, 5.41) is 0.504. The number of ether oxygens (including phenoxy) is 2. The molecule has 0 aromatic heterocycles. The third-order valence-electron chi connectivity index (χ3n) is 5.67. The first-order valence-electron chi connectivity index (χ1n) is 9.92. The van der Waals surface area contributed by atoms with Gasteiger partial charge in [-0.05, 0) is 45.7 Å². The summed E-state index contributed by atoms with van der Waals surface area (Å²) in [5.74, 6) is -2.13. The van der Waals surface area contributed by atoms with Crippen LogP contribution < -0.4 is 0 Å². The molecule has 9 heteroatoms. The maximum absolute atomic E-state index is 13.2. The van der Waals surface area contributed by atoms with Crippen LogP contribution in [0.1, 0.15) is 54.3 Å². The molecule has 0 aliphatic carbocycles. The zero-order chi connectivity index (χ0) is 21.7. The topological polar surface area (TPSA) is 102 Å². The molecule has 9 nitrogen and oxygen atoms in total. The summed E-state index contributed by atoms with van der Waals surface area (Å²) in [6, 6.07) is 5.79. The van der Waals surface area contributed by atoms with E-state index >= 15 is 0 Å². The average molecular weight is 416 g/mol. The lowest BCUT2D eigenvalue weighted by molar-refractivity contribution is -0.190. The first-order chi connectivity index (χ1) is 14.1. The monoisotopic (exact) mass is 416 g/mol. The Morgan fingerprint density at radius 3 is 2.37 bits per heavy atom. The Morgan fingerprint density at radius 2 is 1.77 bits per heavy atom. The molecule has 3 aliphatic heterocycles. The van der Waals surface area contributed by atoms with Crippen molar-refractivity contribution < 1.29 is 33.5 Å². The maximum atomic E-state index is 13.2. The second-order valence-electron chi connectivity index (χ2n) is 8.77. The van der Waals surface area contributed by atoms with E-state index in [1.165, 1.54) is 17.0 Å². The van der Waals surface area contributed by atoms with Gasteiger partial charge in [-0.2, -0.15) is 0 Å². The first-order valence-corrected chi connectivity index (χ1v) is 9.92. The van der Waals surface area contributed by atoms with Crippen molar-refractivity contribution in [3.05, 3.63) is 35.4 Å². The number of imide groups is 1.